The Bertz CT molecular complexity index is 1220. The molecule has 0 aliphatic carbocycles. The van der Waals surface area contributed by atoms with Crippen LogP contribution >= 0.6 is 0 Å². The zero-order valence-corrected chi connectivity index (χ0v) is 16.3. The van der Waals surface area contributed by atoms with Crippen LogP contribution in [-0.2, 0) is 0 Å². The van der Waals surface area contributed by atoms with Gasteiger partial charge in [0.15, 0.2) is 5.65 Å². The first-order valence-electron chi connectivity index (χ1n) is 9.13. The van der Waals surface area contributed by atoms with Gasteiger partial charge < -0.3 is 5.11 Å². The third-order valence-electron chi connectivity index (χ3n) is 4.97. The molecule has 2 aromatic carbocycles. The minimum absolute atomic E-state index is 0.217. The van der Waals surface area contributed by atoms with Crippen LogP contribution in [0, 0.1) is 27.7 Å². The van der Waals surface area contributed by atoms with Gasteiger partial charge in [-0.25, -0.2) is 14.5 Å². The van der Waals surface area contributed by atoms with Gasteiger partial charge in [-0.2, -0.15) is 5.10 Å². The quantitative estimate of drug-likeness (QED) is 0.549. The molecular weight excluding hydrogens is 350 g/mol. The maximum absolute atomic E-state index is 12.0. The fourth-order valence-corrected chi connectivity index (χ4v) is 3.54. The van der Waals surface area contributed by atoms with Crippen molar-refractivity contribution >= 4 is 17.0 Å². The Morgan fingerprint density at radius 2 is 1.61 bits per heavy atom. The number of pyridine rings is 1. The van der Waals surface area contributed by atoms with Gasteiger partial charge in [0.25, 0.3) is 0 Å². The number of aromatic nitrogens is 3. The van der Waals surface area contributed by atoms with Crippen LogP contribution in [0.4, 0.5) is 0 Å². The van der Waals surface area contributed by atoms with Gasteiger partial charge in [0, 0.05) is 5.56 Å². The van der Waals surface area contributed by atoms with Crippen molar-refractivity contribution in [3.63, 3.8) is 0 Å². The summed E-state index contributed by atoms with van der Waals surface area (Å²) in [5.41, 5.74) is 7.17. The highest BCUT2D eigenvalue weighted by Crippen LogP contribution is 2.30. The van der Waals surface area contributed by atoms with Gasteiger partial charge in [0.1, 0.15) is 0 Å². The van der Waals surface area contributed by atoms with Gasteiger partial charge in [-0.05, 0) is 45.4 Å². The Morgan fingerprint density at radius 1 is 0.929 bits per heavy atom. The average Bonchev–Trinajstić information content (AvgIpc) is 2.98. The normalized spacial score (nSPS) is 11.1. The molecule has 2 aromatic heterocycles. The van der Waals surface area contributed by atoms with E-state index >= 15 is 0 Å². The summed E-state index contributed by atoms with van der Waals surface area (Å²) in [6.07, 6.45) is 0. The molecule has 0 fully saturated rings. The van der Waals surface area contributed by atoms with Crippen LogP contribution in [0.2, 0.25) is 0 Å². The van der Waals surface area contributed by atoms with E-state index in [-0.39, 0.29) is 5.56 Å². The summed E-state index contributed by atoms with van der Waals surface area (Å²) in [6.45, 7) is 7.90. The van der Waals surface area contributed by atoms with E-state index in [1.807, 2.05) is 64.1 Å². The number of carbonyl (C=O) groups is 1. The highest BCUT2D eigenvalue weighted by atomic mass is 16.4. The van der Waals surface area contributed by atoms with Gasteiger partial charge in [0.2, 0.25) is 0 Å². The monoisotopic (exact) mass is 371 g/mol. The summed E-state index contributed by atoms with van der Waals surface area (Å²) in [5.74, 6) is -0.982. The maximum atomic E-state index is 12.0. The number of aromatic carboxylic acids is 1. The van der Waals surface area contributed by atoms with E-state index in [0.29, 0.717) is 22.4 Å². The SMILES string of the molecule is Cc1ccc(-c2cc(C(=O)O)c3c(C)nn(-c4ccc(C)cc4C)c3n2)cc1. The lowest BCUT2D eigenvalue weighted by atomic mass is 10.0. The molecule has 4 aromatic rings. The van der Waals surface area contributed by atoms with Gasteiger partial charge in [-0.1, -0.05) is 47.5 Å². The molecule has 1 N–H and O–H groups in total. The molecule has 0 aliphatic rings. The summed E-state index contributed by atoms with van der Waals surface area (Å²) < 4.78 is 1.75. The molecule has 0 atom stereocenters. The Labute approximate surface area is 163 Å². The third kappa shape index (κ3) is 2.95. The molecule has 0 unspecified atom stereocenters. The molecule has 0 bridgehead atoms. The lowest BCUT2D eigenvalue weighted by Gasteiger charge is -2.10. The standard InChI is InChI=1S/C23H21N3O2/c1-13-5-8-17(9-6-13)19-12-18(23(27)28)21-16(4)25-26(22(21)24-19)20-10-7-14(2)11-15(20)3/h5-12H,1-4H3,(H,27,28). The Kier molecular flexibility index (Phi) is 4.23. The van der Waals surface area contributed by atoms with Crippen molar-refractivity contribution in [2.75, 3.05) is 0 Å². The van der Waals surface area contributed by atoms with E-state index in [1.165, 1.54) is 0 Å². The highest BCUT2D eigenvalue weighted by molar-refractivity contribution is 6.04. The van der Waals surface area contributed by atoms with E-state index in [4.69, 9.17) is 4.98 Å². The molecule has 0 radical (unpaired) electrons. The zero-order chi connectivity index (χ0) is 20.0. The number of hydrogen-bond donors (Lipinski definition) is 1. The van der Waals surface area contributed by atoms with E-state index in [2.05, 4.69) is 11.2 Å². The highest BCUT2D eigenvalue weighted by Gasteiger charge is 2.21. The van der Waals surface area contributed by atoms with Crippen LogP contribution in [0.25, 0.3) is 28.0 Å². The van der Waals surface area contributed by atoms with E-state index < -0.39 is 5.97 Å². The minimum Gasteiger partial charge on any atom is -0.478 e. The number of carboxylic acid groups (broad SMARTS) is 1. The topological polar surface area (TPSA) is 68.0 Å². The first kappa shape index (κ1) is 17.9. The van der Waals surface area contributed by atoms with Gasteiger partial charge in [-0.15, -0.1) is 0 Å². The predicted octanol–water partition coefficient (Wildman–Crippen LogP) is 5.02. The van der Waals surface area contributed by atoms with Crippen molar-refractivity contribution < 1.29 is 9.90 Å². The third-order valence-corrected chi connectivity index (χ3v) is 4.97. The molecule has 140 valence electrons. The molecular formula is C23H21N3O2. The van der Waals surface area contributed by atoms with Gasteiger partial charge in [0.05, 0.1) is 28.0 Å². The second kappa shape index (κ2) is 6.60. The van der Waals surface area contributed by atoms with Gasteiger partial charge in [-0.3, -0.25) is 0 Å². The summed E-state index contributed by atoms with van der Waals surface area (Å²) in [7, 11) is 0. The summed E-state index contributed by atoms with van der Waals surface area (Å²) in [4.78, 5) is 16.8. The molecule has 0 spiro atoms. The summed E-state index contributed by atoms with van der Waals surface area (Å²) >= 11 is 0. The lowest BCUT2D eigenvalue weighted by molar-refractivity contribution is 0.0699. The molecule has 0 saturated carbocycles. The molecule has 2 heterocycles. The van der Waals surface area contributed by atoms with Crippen LogP contribution in [0.3, 0.4) is 0 Å². The van der Waals surface area contributed by atoms with E-state index in [0.717, 1.165) is 27.9 Å². The Hall–Kier alpha value is -3.47. The molecule has 5 heteroatoms. The summed E-state index contributed by atoms with van der Waals surface area (Å²) in [5, 5.41) is 15.0. The van der Waals surface area contributed by atoms with E-state index in [9.17, 15) is 9.90 Å². The Morgan fingerprint density at radius 3 is 2.25 bits per heavy atom. The minimum atomic E-state index is -0.982. The molecule has 0 amide bonds. The number of nitrogens with zero attached hydrogens (tertiary/aromatic N) is 3. The fraction of sp³-hybridized carbons (Fsp3) is 0.174. The zero-order valence-electron chi connectivity index (χ0n) is 16.3. The largest absolute Gasteiger partial charge is 0.478 e. The molecule has 0 saturated heterocycles. The molecule has 4 rings (SSSR count). The first-order chi connectivity index (χ1) is 13.3. The smallest absolute Gasteiger partial charge is 0.336 e. The van der Waals surface area contributed by atoms with Crippen molar-refractivity contribution in [1.82, 2.24) is 14.8 Å². The van der Waals surface area contributed by atoms with Crippen molar-refractivity contribution in [2.45, 2.75) is 27.7 Å². The first-order valence-corrected chi connectivity index (χ1v) is 9.13. The van der Waals surface area contributed by atoms with Crippen molar-refractivity contribution in [1.29, 1.82) is 0 Å². The number of benzene rings is 2. The van der Waals surface area contributed by atoms with Crippen LogP contribution < -0.4 is 0 Å². The second-order valence-electron chi connectivity index (χ2n) is 7.21. The van der Waals surface area contributed by atoms with Crippen LogP contribution in [0.15, 0.2) is 48.5 Å². The number of aryl methyl sites for hydroxylation is 4. The maximum Gasteiger partial charge on any atom is 0.336 e. The lowest BCUT2D eigenvalue weighted by Crippen LogP contribution is -2.03. The van der Waals surface area contributed by atoms with E-state index in [1.54, 1.807) is 10.7 Å². The van der Waals surface area contributed by atoms with Gasteiger partial charge >= 0.3 is 5.97 Å². The number of fused-ring (bicyclic) bond motifs is 1. The van der Waals surface area contributed by atoms with Crippen molar-refractivity contribution in [3.8, 4) is 16.9 Å². The molecule has 28 heavy (non-hydrogen) atoms. The molecule has 0 aliphatic heterocycles. The van der Waals surface area contributed by atoms with Crippen LogP contribution in [0.5, 0.6) is 0 Å². The fourth-order valence-electron chi connectivity index (χ4n) is 3.54. The predicted molar refractivity (Wildman–Crippen MR) is 110 cm³/mol. The Balaban J connectivity index is 2.05. The summed E-state index contributed by atoms with van der Waals surface area (Å²) in [6, 6.07) is 15.6. The number of hydrogen-bond acceptors (Lipinski definition) is 3. The van der Waals surface area contributed by atoms with Crippen LogP contribution in [0.1, 0.15) is 32.7 Å². The van der Waals surface area contributed by atoms with Crippen molar-refractivity contribution in [2.24, 2.45) is 0 Å². The average molecular weight is 371 g/mol. The van der Waals surface area contributed by atoms with Crippen LogP contribution in [-0.4, -0.2) is 25.8 Å². The van der Waals surface area contributed by atoms with Crippen molar-refractivity contribution in [3.05, 3.63) is 76.5 Å². The second-order valence-corrected chi connectivity index (χ2v) is 7.21. The molecule has 5 nitrogen and oxygen atoms in total. The number of rotatable bonds is 3. The number of carboxylic acids is 1.